The first-order valence-electron chi connectivity index (χ1n) is 8.28. The molecule has 1 fully saturated rings. The topological polar surface area (TPSA) is 42.1 Å². The monoisotopic (exact) mass is 295 g/mol. The first kappa shape index (κ1) is 15.0. The van der Waals surface area contributed by atoms with Gasteiger partial charge in [-0.25, -0.2) is 4.98 Å². The van der Waals surface area contributed by atoms with Crippen LogP contribution < -0.4 is 10.6 Å². The highest BCUT2D eigenvalue weighted by molar-refractivity contribution is 5.48. The zero-order valence-corrected chi connectivity index (χ0v) is 13.3. The molecule has 22 heavy (non-hydrogen) atoms. The van der Waals surface area contributed by atoms with E-state index in [9.17, 15) is 0 Å². The van der Waals surface area contributed by atoms with Crippen molar-refractivity contribution in [2.24, 2.45) is 5.73 Å². The second-order valence-electron chi connectivity index (χ2n) is 6.20. The summed E-state index contributed by atoms with van der Waals surface area (Å²) in [5.74, 6) is 1.13. The van der Waals surface area contributed by atoms with E-state index in [4.69, 9.17) is 10.7 Å². The predicted octanol–water partition coefficient (Wildman–Crippen LogP) is 3.82. The summed E-state index contributed by atoms with van der Waals surface area (Å²) in [5, 5.41) is 0. The van der Waals surface area contributed by atoms with Crippen molar-refractivity contribution in [3.05, 3.63) is 59.3 Å². The molecule has 2 heterocycles. The Morgan fingerprint density at radius 1 is 1.00 bits per heavy atom. The van der Waals surface area contributed by atoms with E-state index in [1.54, 1.807) is 0 Å². The molecule has 0 saturated carbocycles. The Morgan fingerprint density at radius 3 is 2.32 bits per heavy atom. The third-order valence-corrected chi connectivity index (χ3v) is 4.50. The summed E-state index contributed by atoms with van der Waals surface area (Å²) >= 11 is 0. The summed E-state index contributed by atoms with van der Waals surface area (Å²) in [7, 11) is 0. The summed E-state index contributed by atoms with van der Waals surface area (Å²) < 4.78 is 0. The van der Waals surface area contributed by atoms with Crippen molar-refractivity contribution in [3.8, 4) is 0 Å². The molecule has 3 rings (SSSR count). The number of anilines is 1. The van der Waals surface area contributed by atoms with Crippen molar-refractivity contribution >= 4 is 5.82 Å². The Bertz CT molecular complexity index is 601. The highest BCUT2D eigenvalue weighted by Crippen LogP contribution is 2.25. The lowest BCUT2D eigenvalue weighted by molar-refractivity contribution is 0.726. The van der Waals surface area contributed by atoms with Crippen molar-refractivity contribution in [2.75, 3.05) is 18.0 Å². The van der Waals surface area contributed by atoms with E-state index in [2.05, 4.69) is 30.0 Å². The van der Waals surface area contributed by atoms with Crippen LogP contribution in [0, 0.1) is 6.92 Å². The fraction of sp³-hybridized carbons (Fsp3) is 0.421. The van der Waals surface area contributed by atoms with E-state index in [1.165, 1.54) is 31.2 Å². The van der Waals surface area contributed by atoms with Gasteiger partial charge in [0.15, 0.2) is 0 Å². The molecule has 0 bridgehead atoms. The minimum Gasteiger partial charge on any atom is -0.356 e. The van der Waals surface area contributed by atoms with Crippen LogP contribution in [0.1, 0.15) is 48.4 Å². The Kier molecular flexibility index (Phi) is 4.74. The van der Waals surface area contributed by atoms with Crippen LogP contribution in [0.2, 0.25) is 0 Å². The number of pyridine rings is 1. The lowest BCUT2D eigenvalue weighted by atomic mass is 10.00. The lowest BCUT2D eigenvalue weighted by Gasteiger charge is -2.24. The van der Waals surface area contributed by atoms with Gasteiger partial charge in [0.2, 0.25) is 0 Å². The molecule has 116 valence electrons. The average molecular weight is 295 g/mol. The van der Waals surface area contributed by atoms with Gasteiger partial charge in [-0.1, -0.05) is 43.2 Å². The maximum atomic E-state index is 6.39. The van der Waals surface area contributed by atoms with Crippen molar-refractivity contribution in [3.63, 3.8) is 0 Å². The van der Waals surface area contributed by atoms with Crippen LogP contribution in [0.5, 0.6) is 0 Å². The van der Waals surface area contributed by atoms with Crippen LogP contribution in [-0.2, 0) is 0 Å². The highest BCUT2D eigenvalue weighted by Gasteiger charge is 2.15. The van der Waals surface area contributed by atoms with E-state index in [0.29, 0.717) is 0 Å². The zero-order chi connectivity index (χ0) is 15.4. The Hall–Kier alpha value is -1.87. The smallest absolute Gasteiger partial charge is 0.131 e. The molecule has 1 saturated heterocycles. The van der Waals surface area contributed by atoms with Gasteiger partial charge in [-0.05, 0) is 42.5 Å². The molecular weight excluding hydrogens is 270 g/mol. The summed E-state index contributed by atoms with van der Waals surface area (Å²) in [6.45, 7) is 4.39. The maximum absolute atomic E-state index is 6.39. The minimum atomic E-state index is -0.106. The summed E-state index contributed by atoms with van der Waals surface area (Å²) in [4.78, 5) is 7.17. The van der Waals surface area contributed by atoms with Gasteiger partial charge in [0.05, 0.1) is 6.04 Å². The third-order valence-electron chi connectivity index (χ3n) is 4.50. The Balaban J connectivity index is 1.82. The largest absolute Gasteiger partial charge is 0.356 e. The molecule has 1 aliphatic heterocycles. The number of hydrogen-bond donors (Lipinski definition) is 1. The molecule has 2 aromatic rings. The van der Waals surface area contributed by atoms with Crippen LogP contribution in [0.3, 0.4) is 0 Å². The van der Waals surface area contributed by atoms with E-state index in [0.717, 1.165) is 30.0 Å². The standard InChI is InChI=1S/C19H25N3/c1-15-13-17(18(20)16-9-5-4-6-10-16)14-21-19(15)22-11-7-2-3-8-12-22/h4-6,9-10,13-14,18H,2-3,7-8,11-12,20H2,1H3/t18-/m1/s1. The normalized spacial score (nSPS) is 17.1. The second-order valence-corrected chi connectivity index (χ2v) is 6.20. The third kappa shape index (κ3) is 3.30. The van der Waals surface area contributed by atoms with Gasteiger partial charge in [0.1, 0.15) is 5.82 Å². The molecule has 0 spiro atoms. The van der Waals surface area contributed by atoms with Crippen LogP contribution in [0.15, 0.2) is 42.6 Å². The molecule has 3 heteroatoms. The number of hydrogen-bond acceptors (Lipinski definition) is 3. The molecule has 1 aliphatic rings. The first-order chi connectivity index (χ1) is 10.8. The fourth-order valence-electron chi connectivity index (χ4n) is 3.23. The fourth-order valence-corrected chi connectivity index (χ4v) is 3.23. The number of aromatic nitrogens is 1. The summed E-state index contributed by atoms with van der Waals surface area (Å²) in [6.07, 6.45) is 7.17. The van der Waals surface area contributed by atoms with Crippen LogP contribution >= 0.6 is 0 Å². The molecule has 1 atom stereocenters. The molecule has 2 N–H and O–H groups in total. The molecular formula is C19H25N3. The second kappa shape index (κ2) is 6.93. The van der Waals surface area contributed by atoms with E-state index in [1.807, 2.05) is 24.4 Å². The minimum absolute atomic E-state index is 0.106. The van der Waals surface area contributed by atoms with Gasteiger partial charge in [-0.3, -0.25) is 0 Å². The Morgan fingerprint density at radius 2 is 1.68 bits per heavy atom. The summed E-state index contributed by atoms with van der Waals surface area (Å²) in [6, 6.07) is 12.3. The van der Waals surface area contributed by atoms with E-state index >= 15 is 0 Å². The number of aryl methyl sites for hydroxylation is 1. The molecule has 0 radical (unpaired) electrons. The van der Waals surface area contributed by atoms with Crippen LogP contribution in [-0.4, -0.2) is 18.1 Å². The van der Waals surface area contributed by atoms with Crippen molar-refractivity contribution < 1.29 is 0 Å². The lowest BCUT2D eigenvalue weighted by Crippen LogP contribution is -2.26. The van der Waals surface area contributed by atoms with Crippen molar-refractivity contribution in [1.29, 1.82) is 0 Å². The molecule has 0 aliphatic carbocycles. The SMILES string of the molecule is Cc1cc([C@H](N)c2ccccc2)cnc1N1CCCCCC1. The van der Waals surface area contributed by atoms with E-state index in [-0.39, 0.29) is 6.04 Å². The van der Waals surface area contributed by atoms with E-state index < -0.39 is 0 Å². The molecule has 0 unspecified atom stereocenters. The van der Waals surface area contributed by atoms with Gasteiger partial charge in [-0.15, -0.1) is 0 Å². The van der Waals surface area contributed by atoms with Gasteiger partial charge in [0.25, 0.3) is 0 Å². The highest BCUT2D eigenvalue weighted by atomic mass is 15.2. The zero-order valence-electron chi connectivity index (χ0n) is 13.3. The van der Waals surface area contributed by atoms with Crippen LogP contribution in [0.4, 0.5) is 5.82 Å². The van der Waals surface area contributed by atoms with Crippen molar-refractivity contribution in [2.45, 2.75) is 38.6 Å². The van der Waals surface area contributed by atoms with Gasteiger partial charge < -0.3 is 10.6 Å². The average Bonchev–Trinajstić information content (AvgIpc) is 2.84. The number of benzene rings is 1. The van der Waals surface area contributed by atoms with Gasteiger partial charge in [0, 0.05) is 19.3 Å². The quantitative estimate of drug-likeness (QED) is 0.936. The number of rotatable bonds is 3. The molecule has 1 aromatic carbocycles. The maximum Gasteiger partial charge on any atom is 0.131 e. The number of nitrogens with two attached hydrogens (primary N) is 1. The Labute approximate surface area is 133 Å². The number of nitrogens with zero attached hydrogens (tertiary/aromatic N) is 2. The molecule has 3 nitrogen and oxygen atoms in total. The molecule has 1 aromatic heterocycles. The van der Waals surface area contributed by atoms with Crippen LogP contribution in [0.25, 0.3) is 0 Å². The predicted molar refractivity (Wildman–Crippen MR) is 92.1 cm³/mol. The molecule has 0 amide bonds. The van der Waals surface area contributed by atoms with Crippen molar-refractivity contribution in [1.82, 2.24) is 4.98 Å². The van der Waals surface area contributed by atoms with Gasteiger partial charge >= 0.3 is 0 Å². The van der Waals surface area contributed by atoms with Gasteiger partial charge in [-0.2, -0.15) is 0 Å². The first-order valence-corrected chi connectivity index (χ1v) is 8.28. The summed E-state index contributed by atoms with van der Waals surface area (Å²) in [5.41, 5.74) is 9.83.